The second kappa shape index (κ2) is 3.78. The third-order valence-corrected chi connectivity index (χ3v) is 2.57. The number of amides is 1. The van der Waals surface area contributed by atoms with Gasteiger partial charge in [0.05, 0.1) is 5.92 Å². The van der Waals surface area contributed by atoms with E-state index in [1.54, 1.807) is 12.1 Å². The largest absolute Gasteiger partial charge is 0.326 e. The number of nitrogens with one attached hydrogen (secondary N) is 1. The molecule has 2 nitrogen and oxygen atoms in total. The molecule has 1 fully saturated rings. The summed E-state index contributed by atoms with van der Waals surface area (Å²) in [6.45, 7) is 0. The van der Waals surface area contributed by atoms with Crippen molar-refractivity contribution >= 4 is 11.6 Å². The monoisotopic (exact) mass is 193 g/mol. The van der Waals surface area contributed by atoms with Crippen molar-refractivity contribution in [1.82, 2.24) is 0 Å². The minimum atomic E-state index is -0.946. The Morgan fingerprint density at radius 3 is 2.50 bits per heavy atom. The SMILES string of the molecule is O=C(Nc1ccccc1)[C@H]1CC[C@H]1F. The molecule has 1 amide bonds. The van der Waals surface area contributed by atoms with Crippen molar-refractivity contribution in [2.45, 2.75) is 19.0 Å². The van der Waals surface area contributed by atoms with Gasteiger partial charge in [-0.05, 0) is 25.0 Å². The number of carbonyl (C=O) groups is 1. The molecular weight excluding hydrogens is 181 g/mol. The topological polar surface area (TPSA) is 29.1 Å². The maximum Gasteiger partial charge on any atom is 0.230 e. The molecule has 1 N–H and O–H groups in total. The first-order valence-corrected chi connectivity index (χ1v) is 4.77. The lowest BCUT2D eigenvalue weighted by Crippen LogP contribution is -2.38. The summed E-state index contributed by atoms with van der Waals surface area (Å²) in [4.78, 5) is 11.5. The molecule has 2 rings (SSSR count). The molecule has 74 valence electrons. The van der Waals surface area contributed by atoms with Crippen molar-refractivity contribution in [1.29, 1.82) is 0 Å². The highest BCUT2D eigenvalue weighted by atomic mass is 19.1. The van der Waals surface area contributed by atoms with Gasteiger partial charge in [0, 0.05) is 5.69 Å². The van der Waals surface area contributed by atoms with Crippen LogP contribution in [0.5, 0.6) is 0 Å². The van der Waals surface area contributed by atoms with Crippen molar-refractivity contribution in [2.75, 3.05) is 5.32 Å². The molecule has 0 aliphatic heterocycles. The highest BCUT2D eigenvalue weighted by Crippen LogP contribution is 2.31. The number of hydrogen-bond acceptors (Lipinski definition) is 1. The van der Waals surface area contributed by atoms with Gasteiger partial charge in [0.1, 0.15) is 6.17 Å². The van der Waals surface area contributed by atoms with E-state index in [0.29, 0.717) is 12.8 Å². The van der Waals surface area contributed by atoms with Gasteiger partial charge >= 0.3 is 0 Å². The molecule has 3 heteroatoms. The van der Waals surface area contributed by atoms with E-state index in [9.17, 15) is 9.18 Å². The van der Waals surface area contributed by atoms with Crippen LogP contribution in [0.25, 0.3) is 0 Å². The second-order valence-corrected chi connectivity index (χ2v) is 3.56. The number of para-hydroxylation sites is 1. The summed E-state index contributed by atoms with van der Waals surface area (Å²) in [5.41, 5.74) is 0.733. The maximum atomic E-state index is 12.9. The minimum Gasteiger partial charge on any atom is -0.326 e. The van der Waals surface area contributed by atoms with Crippen LogP contribution in [-0.2, 0) is 4.79 Å². The Morgan fingerprint density at radius 2 is 2.00 bits per heavy atom. The Hall–Kier alpha value is -1.38. The Kier molecular flexibility index (Phi) is 2.48. The van der Waals surface area contributed by atoms with Crippen molar-refractivity contribution in [2.24, 2.45) is 5.92 Å². The Morgan fingerprint density at radius 1 is 1.29 bits per heavy atom. The molecule has 1 aromatic carbocycles. The first-order valence-electron chi connectivity index (χ1n) is 4.77. The third-order valence-electron chi connectivity index (χ3n) is 2.57. The number of halogens is 1. The smallest absolute Gasteiger partial charge is 0.230 e. The van der Waals surface area contributed by atoms with Gasteiger partial charge in [-0.15, -0.1) is 0 Å². The number of rotatable bonds is 2. The minimum absolute atomic E-state index is 0.199. The number of hydrogen-bond donors (Lipinski definition) is 1. The first kappa shape index (κ1) is 9.19. The van der Waals surface area contributed by atoms with Crippen LogP contribution in [0, 0.1) is 5.92 Å². The van der Waals surface area contributed by atoms with Gasteiger partial charge in [-0.2, -0.15) is 0 Å². The first-order chi connectivity index (χ1) is 6.77. The van der Waals surface area contributed by atoms with Crippen LogP contribution in [0.15, 0.2) is 30.3 Å². The molecule has 1 aliphatic carbocycles. The highest BCUT2D eigenvalue weighted by Gasteiger charge is 2.36. The quantitative estimate of drug-likeness (QED) is 0.767. The number of alkyl halides is 1. The van der Waals surface area contributed by atoms with Crippen LogP contribution in [-0.4, -0.2) is 12.1 Å². The third kappa shape index (κ3) is 1.76. The predicted octanol–water partition coefficient (Wildman–Crippen LogP) is 2.37. The van der Waals surface area contributed by atoms with Gasteiger partial charge < -0.3 is 5.32 Å². The van der Waals surface area contributed by atoms with Gasteiger partial charge in [0.2, 0.25) is 5.91 Å². The van der Waals surface area contributed by atoms with Crippen LogP contribution >= 0.6 is 0 Å². The van der Waals surface area contributed by atoms with Crippen LogP contribution in [0.3, 0.4) is 0 Å². The molecule has 1 aliphatic rings. The normalized spacial score (nSPS) is 25.2. The average Bonchev–Trinajstić information content (AvgIpc) is 2.17. The lowest BCUT2D eigenvalue weighted by Gasteiger charge is -2.28. The molecule has 0 saturated heterocycles. The van der Waals surface area contributed by atoms with Crippen molar-refractivity contribution < 1.29 is 9.18 Å². The van der Waals surface area contributed by atoms with Crippen molar-refractivity contribution in [3.8, 4) is 0 Å². The van der Waals surface area contributed by atoms with E-state index in [4.69, 9.17) is 0 Å². The van der Waals surface area contributed by atoms with Gasteiger partial charge in [0.25, 0.3) is 0 Å². The summed E-state index contributed by atoms with van der Waals surface area (Å²) in [6, 6.07) is 9.14. The number of benzene rings is 1. The lowest BCUT2D eigenvalue weighted by molar-refractivity contribution is -0.125. The fraction of sp³-hybridized carbons (Fsp3) is 0.364. The van der Waals surface area contributed by atoms with Crippen LogP contribution in [0.4, 0.5) is 10.1 Å². The van der Waals surface area contributed by atoms with E-state index in [1.807, 2.05) is 18.2 Å². The molecule has 0 unspecified atom stereocenters. The molecule has 0 radical (unpaired) electrons. The number of carbonyl (C=O) groups excluding carboxylic acids is 1. The van der Waals surface area contributed by atoms with Gasteiger partial charge in [-0.3, -0.25) is 4.79 Å². The maximum absolute atomic E-state index is 12.9. The Labute approximate surface area is 82.1 Å². The Balaban J connectivity index is 1.95. The summed E-state index contributed by atoms with van der Waals surface area (Å²) in [5, 5.41) is 2.70. The van der Waals surface area contributed by atoms with E-state index in [0.717, 1.165) is 5.69 Å². The average molecular weight is 193 g/mol. The van der Waals surface area contributed by atoms with E-state index < -0.39 is 12.1 Å². The molecular formula is C11H12FNO. The zero-order chi connectivity index (χ0) is 9.97. The second-order valence-electron chi connectivity index (χ2n) is 3.56. The van der Waals surface area contributed by atoms with E-state index in [2.05, 4.69) is 5.32 Å². The van der Waals surface area contributed by atoms with E-state index >= 15 is 0 Å². The summed E-state index contributed by atoms with van der Waals surface area (Å²) < 4.78 is 12.9. The molecule has 2 atom stereocenters. The van der Waals surface area contributed by atoms with Crippen LogP contribution in [0.1, 0.15) is 12.8 Å². The molecule has 0 bridgehead atoms. The van der Waals surface area contributed by atoms with Gasteiger partial charge in [0.15, 0.2) is 0 Å². The van der Waals surface area contributed by atoms with Gasteiger partial charge in [-0.1, -0.05) is 18.2 Å². The van der Waals surface area contributed by atoms with Crippen molar-refractivity contribution in [3.63, 3.8) is 0 Å². The highest BCUT2D eigenvalue weighted by molar-refractivity contribution is 5.93. The molecule has 0 spiro atoms. The van der Waals surface area contributed by atoms with Crippen molar-refractivity contribution in [3.05, 3.63) is 30.3 Å². The molecule has 0 heterocycles. The van der Waals surface area contributed by atoms with E-state index in [-0.39, 0.29) is 5.91 Å². The number of anilines is 1. The molecule has 14 heavy (non-hydrogen) atoms. The molecule has 0 aromatic heterocycles. The standard InChI is InChI=1S/C11H12FNO/c12-10-7-6-9(10)11(14)13-8-4-2-1-3-5-8/h1-5,9-10H,6-7H2,(H,13,14)/t9-,10+/m0/s1. The fourth-order valence-electron chi connectivity index (χ4n) is 1.51. The Bertz CT molecular complexity index is 325. The summed E-state index contributed by atoms with van der Waals surface area (Å²) in [5.74, 6) is -0.634. The predicted molar refractivity (Wildman–Crippen MR) is 52.7 cm³/mol. The summed E-state index contributed by atoms with van der Waals surface area (Å²) >= 11 is 0. The van der Waals surface area contributed by atoms with Crippen LogP contribution < -0.4 is 5.32 Å². The van der Waals surface area contributed by atoms with Crippen LogP contribution in [0.2, 0.25) is 0 Å². The zero-order valence-corrected chi connectivity index (χ0v) is 7.74. The molecule has 1 aromatic rings. The molecule has 1 saturated carbocycles. The fourth-order valence-corrected chi connectivity index (χ4v) is 1.51. The zero-order valence-electron chi connectivity index (χ0n) is 7.74. The van der Waals surface area contributed by atoms with E-state index in [1.165, 1.54) is 0 Å². The summed E-state index contributed by atoms with van der Waals surface area (Å²) in [6.07, 6.45) is 0.242. The summed E-state index contributed by atoms with van der Waals surface area (Å²) in [7, 11) is 0. The van der Waals surface area contributed by atoms with Gasteiger partial charge in [-0.25, -0.2) is 4.39 Å². The lowest BCUT2D eigenvalue weighted by atomic mass is 9.82.